The number of thiazole rings is 1. The minimum Gasteiger partial charge on any atom is -1.00 e. The first kappa shape index (κ1) is 18.2. The Morgan fingerprint density at radius 3 is 2.42 bits per heavy atom. The van der Waals surface area contributed by atoms with Gasteiger partial charge in [-0.1, -0.05) is 41.7 Å². The molecule has 3 aromatic rings. The molecule has 0 saturated heterocycles. The first-order valence-electron chi connectivity index (χ1n) is 7.58. The van der Waals surface area contributed by atoms with Gasteiger partial charge in [0.1, 0.15) is 6.54 Å². The van der Waals surface area contributed by atoms with Crippen LogP contribution in [0.25, 0.3) is 10.2 Å². The molecule has 0 aliphatic rings. The number of hydrogen-bond donors (Lipinski definition) is 1. The number of fused-ring (bicyclic) bond motifs is 1. The van der Waals surface area contributed by atoms with Gasteiger partial charge in [0.05, 0.1) is 10.2 Å². The second-order valence-electron chi connectivity index (χ2n) is 5.65. The fourth-order valence-corrected chi connectivity index (χ4v) is 3.63. The van der Waals surface area contributed by atoms with Gasteiger partial charge in [-0.2, -0.15) is 0 Å². The molecule has 24 heavy (non-hydrogen) atoms. The quantitative estimate of drug-likeness (QED) is 0.729. The van der Waals surface area contributed by atoms with E-state index < -0.39 is 0 Å². The molecule has 1 amide bonds. The predicted octanol–water partition coefficient (Wildman–Crippen LogP) is 0.628. The van der Waals surface area contributed by atoms with Crippen molar-refractivity contribution in [3.63, 3.8) is 0 Å². The summed E-state index contributed by atoms with van der Waals surface area (Å²) in [4.78, 5) is 15.1. The van der Waals surface area contributed by atoms with Crippen molar-refractivity contribution >= 4 is 33.1 Å². The van der Waals surface area contributed by atoms with Crippen LogP contribution in [0.5, 0.6) is 0 Å². The largest absolute Gasteiger partial charge is 1.00 e. The Morgan fingerprint density at radius 2 is 1.75 bits per heavy atom. The zero-order valence-electron chi connectivity index (χ0n) is 13.6. The van der Waals surface area contributed by atoms with Crippen molar-refractivity contribution in [1.29, 1.82) is 5.41 Å². The van der Waals surface area contributed by atoms with Crippen molar-refractivity contribution < 1.29 is 17.2 Å². The number of rotatable bonds is 4. The van der Waals surface area contributed by atoms with E-state index >= 15 is 0 Å². The van der Waals surface area contributed by atoms with Crippen molar-refractivity contribution in [3.05, 3.63) is 59.4 Å². The molecule has 0 fully saturated rings. The predicted molar refractivity (Wildman–Crippen MR) is 94.7 cm³/mol. The lowest BCUT2D eigenvalue weighted by Crippen LogP contribution is -3.00. The summed E-state index contributed by atoms with van der Waals surface area (Å²) in [5.41, 5.74) is 1.83. The second-order valence-corrected chi connectivity index (χ2v) is 6.68. The van der Waals surface area contributed by atoms with E-state index in [1.165, 1.54) is 11.3 Å². The van der Waals surface area contributed by atoms with Gasteiger partial charge in [0, 0.05) is 11.7 Å². The van der Waals surface area contributed by atoms with E-state index in [2.05, 4.69) is 0 Å². The molecule has 0 unspecified atom stereocenters. The fourth-order valence-electron chi connectivity index (χ4n) is 2.72. The van der Waals surface area contributed by atoms with E-state index in [0.717, 1.165) is 15.9 Å². The minimum atomic E-state index is -0.00625. The number of anilines is 1. The maximum atomic E-state index is 12.9. The second kappa shape index (κ2) is 7.64. The van der Waals surface area contributed by atoms with Crippen LogP contribution in [0.4, 0.5) is 5.69 Å². The molecular formula is C18H19ClN3OS-. The van der Waals surface area contributed by atoms with E-state index in [1.807, 2.05) is 68.4 Å². The standard InChI is InChI=1S/C18H19N3OS.ClH/c1-13(2)21(14-8-4-3-5-9-14)17(22)12-20-15-10-6-7-11-16(15)23-18(20)19;/h3-11,13,19H,12H2,1-2H3;1H/p-1. The highest BCUT2D eigenvalue weighted by Crippen LogP contribution is 2.20. The number of para-hydroxylation sites is 2. The van der Waals surface area contributed by atoms with E-state index in [1.54, 1.807) is 9.47 Å². The smallest absolute Gasteiger partial charge is 0.247 e. The Hall–Kier alpha value is -2.11. The summed E-state index contributed by atoms with van der Waals surface area (Å²) >= 11 is 1.40. The van der Waals surface area contributed by atoms with Gasteiger partial charge >= 0.3 is 0 Å². The van der Waals surface area contributed by atoms with Gasteiger partial charge in [0.15, 0.2) is 4.80 Å². The first-order chi connectivity index (χ1) is 11.1. The van der Waals surface area contributed by atoms with Crippen LogP contribution in [0, 0.1) is 5.41 Å². The Labute approximate surface area is 151 Å². The average molecular weight is 361 g/mol. The average Bonchev–Trinajstić information content (AvgIpc) is 2.84. The van der Waals surface area contributed by atoms with E-state index in [9.17, 15) is 4.79 Å². The molecule has 4 nitrogen and oxygen atoms in total. The SMILES string of the molecule is CC(C)N(C(=O)Cn1c(=N)sc2ccccc21)c1ccccc1.[Cl-]. The highest BCUT2D eigenvalue weighted by Gasteiger charge is 2.20. The molecule has 0 saturated carbocycles. The molecule has 1 aromatic heterocycles. The van der Waals surface area contributed by atoms with Gasteiger partial charge in [-0.15, -0.1) is 0 Å². The van der Waals surface area contributed by atoms with Gasteiger partial charge in [0.2, 0.25) is 5.91 Å². The molecule has 3 rings (SSSR count). The number of hydrogen-bond acceptors (Lipinski definition) is 3. The maximum Gasteiger partial charge on any atom is 0.247 e. The minimum absolute atomic E-state index is 0. The van der Waals surface area contributed by atoms with Crippen LogP contribution in [0.3, 0.4) is 0 Å². The summed E-state index contributed by atoms with van der Waals surface area (Å²) in [7, 11) is 0. The van der Waals surface area contributed by atoms with Crippen molar-refractivity contribution in [3.8, 4) is 0 Å². The molecular weight excluding hydrogens is 342 g/mol. The fraction of sp³-hybridized carbons (Fsp3) is 0.222. The lowest BCUT2D eigenvalue weighted by Gasteiger charge is -2.27. The third-order valence-electron chi connectivity index (χ3n) is 3.72. The highest BCUT2D eigenvalue weighted by molar-refractivity contribution is 7.16. The molecule has 0 aliphatic carbocycles. The van der Waals surface area contributed by atoms with E-state index in [-0.39, 0.29) is 30.9 Å². The Morgan fingerprint density at radius 1 is 1.12 bits per heavy atom. The number of amides is 1. The van der Waals surface area contributed by atoms with Crippen LogP contribution in [-0.4, -0.2) is 16.5 Å². The lowest BCUT2D eigenvalue weighted by molar-refractivity contribution is -0.119. The van der Waals surface area contributed by atoms with Crippen molar-refractivity contribution in [2.24, 2.45) is 0 Å². The molecule has 126 valence electrons. The maximum absolute atomic E-state index is 12.9. The Balaban J connectivity index is 0.00000208. The van der Waals surface area contributed by atoms with Gasteiger partial charge in [-0.05, 0) is 38.1 Å². The summed E-state index contributed by atoms with van der Waals surface area (Å²) in [6.45, 7) is 4.18. The molecule has 1 N–H and O–H groups in total. The summed E-state index contributed by atoms with van der Waals surface area (Å²) in [5, 5.41) is 8.16. The van der Waals surface area contributed by atoms with Crippen LogP contribution < -0.4 is 22.1 Å². The first-order valence-corrected chi connectivity index (χ1v) is 8.39. The number of halogens is 1. The molecule has 0 radical (unpaired) electrons. The zero-order chi connectivity index (χ0) is 16.4. The number of benzene rings is 2. The van der Waals surface area contributed by atoms with E-state index in [0.29, 0.717) is 4.80 Å². The molecule has 6 heteroatoms. The molecule has 0 aliphatic heterocycles. The normalized spacial score (nSPS) is 10.6. The Bertz CT molecular complexity index is 886. The number of nitrogens with zero attached hydrogens (tertiary/aromatic N) is 2. The summed E-state index contributed by atoms with van der Waals surface area (Å²) in [6, 6.07) is 17.6. The van der Waals surface area contributed by atoms with E-state index in [4.69, 9.17) is 5.41 Å². The van der Waals surface area contributed by atoms with Crippen molar-refractivity contribution in [1.82, 2.24) is 4.57 Å². The Kier molecular flexibility index (Phi) is 5.80. The molecule has 0 atom stereocenters. The monoisotopic (exact) mass is 360 g/mol. The highest BCUT2D eigenvalue weighted by atomic mass is 35.5. The summed E-state index contributed by atoms with van der Waals surface area (Å²) in [6.07, 6.45) is 0. The van der Waals surface area contributed by atoms with Crippen molar-refractivity contribution in [2.45, 2.75) is 26.4 Å². The van der Waals surface area contributed by atoms with Crippen LogP contribution >= 0.6 is 11.3 Å². The van der Waals surface area contributed by atoms with Gasteiger partial charge in [0.25, 0.3) is 0 Å². The van der Waals surface area contributed by atoms with Crippen LogP contribution in [0.2, 0.25) is 0 Å². The van der Waals surface area contributed by atoms with Gasteiger partial charge in [-0.3, -0.25) is 10.2 Å². The lowest BCUT2D eigenvalue weighted by atomic mass is 10.2. The number of nitrogens with one attached hydrogen (secondary N) is 1. The van der Waals surface area contributed by atoms with Crippen LogP contribution in [0.1, 0.15) is 13.8 Å². The third-order valence-corrected chi connectivity index (χ3v) is 4.70. The zero-order valence-corrected chi connectivity index (χ0v) is 15.1. The van der Waals surface area contributed by atoms with Crippen LogP contribution in [0.15, 0.2) is 54.6 Å². The summed E-state index contributed by atoms with van der Waals surface area (Å²) in [5.74, 6) is -0.00625. The molecule has 0 spiro atoms. The number of carbonyl (C=O) groups is 1. The summed E-state index contributed by atoms with van der Waals surface area (Å²) < 4.78 is 2.81. The van der Waals surface area contributed by atoms with Crippen molar-refractivity contribution in [2.75, 3.05) is 4.90 Å². The number of aromatic nitrogens is 1. The molecule has 2 aromatic carbocycles. The third kappa shape index (κ3) is 3.52. The topological polar surface area (TPSA) is 49.1 Å². The molecule has 0 bridgehead atoms. The number of carbonyl (C=O) groups excluding carboxylic acids is 1. The van der Waals surface area contributed by atoms with Crippen LogP contribution in [-0.2, 0) is 11.3 Å². The van der Waals surface area contributed by atoms with Gasteiger partial charge in [-0.25, -0.2) is 0 Å². The van der Waals surface area contributed by atoms with Gasteiger partial charge < -0.3 is 21.9 Å². The molecule has 1 heterocycles.